The Balaban J connectivity index is 8.05. The van der Waals surface area contributed by atoms with Crippen molar-refractivity contribution in [3.05, 3.63) is 0 Å². The SMILES string of the molecule is CCC(C)CC(C)(C)C(C(=O)O)C(O)(C(=O)O)C(C(=O)O)(C(C)(C)CC(C)CC)C(C)(C)CC(C)CC. The fourth-order valence-corrected chi connectivity index (χ4v) is 7.77. The smallest absolute Gasteiger partial charge is 0.337 e. The molecule has 0 aliphatic carbocycles. The van der Waals surface area contributed by atoms with Gasteiger partial charge >= 0.3 is 17.9 Å². The largest absolute Gasteiger partial charge is 0.481 e. The van der Waals surface area contributed by atoms with E-state index in [9.17, 15) is 34.8 Å². The Labute approximate surface area is 225 Å². The summed E-state index contributed by atoms with van der Waals surface area (Å²) in [6, 6.07) is 0. The minimum Gasteiger partial charge on any atom is -0.481 e. The second kappa shape index (κ2) is 12.5. The molecule has 0 spiro atoms. The average Bonchev–Trinajstić information content (AvgIpc) is 2.70. The van der Waals surface area contributed by atoms with Gasteiger partial charge in [-0.2, -0.15) is 0 Å². The van der Waals surface area contributed by atoms with Crippen LogP contribution in [-0.2, 0) is 14.4 Å². The molecule has 7 nitrogen and oxygen atoms in total. The van der Waals surface area contributed by atoms with E-state index in [0.29, 0.717) is 19.3 Å². The number of carboxylic acid groups (broad SMARTS) is 3. The molecule has 0 saturated carbocycles. The van der Waals surface area contributed by atoms with Gasteiger partial charge < -0.3 is 20.4 Å². The molecule has 0 aromatic carbocycles. The third kappa shape index (κ3) is 6.51. The molecule has 0 aliphatic rings. The Morgan fingerprint density at radius 1 is 0.622 bits per heavy atom. The van der Waals surface area contributed by atoms with E-state index in [1.165, 1.54) is 0 Å². The van der Waals surface area contributed by atoms with Crippen LogP contribution in [-0.4, -0.2) is 43.9 Å². The molecule has 0 rings (SSSR count). The molecule has 0 aromatic heterocycles. The summed E-state index contributed by atoms with van der Waals surface area (Å²) >= 11 is 0. The Hall–Kier alpha value is -1.63. The fourth-order valence-electron chi connectivity index (χ4n) is 7.77. The number of aliphatic hydroxyl groups is 1. The maximum Gasteiger partial charge on any atom is 0.337 e. The highest BCUT2D eigenvalue weighted by Crippen LogP contribution is 2.66. The first kappa shape index (κ1) is 35.4. The number of carboxylic acids is 3. The Bertz CT molecular complexity index is 774. The number of aliphatic carboxylic acids is 3. The summed E-state index contributed by atoms with van der Waals surface area (Å²) in [7, 11) is 0. The van der Waals surface area contributed by atoms with Gasteiger partial charge in [-0.1, -0.05) is 102 Å². The van der Waals surface area contributed by atoms with Crippen molar-refractivity contribution in [3.8, 4) is 0 Å². The zero-order chi connectivity index (χ0) is 29.8. The minimum absolute atomic E-state index is 0.0302. The topological polar surface area (TPSA) is 132 Å². The molecule has 0 radical (unpaired) electrons. The third-order valence-corrected chi connectivity index (χ3v) is 9.38. The van der Waals surface area contributed by atoms with E-state index in [2.05, 4.69) is 0 Å². The first-order valence-electron chi connectivity index (χ1n) is 14.0. The molecule has 0 fully saturated rings. The van der Waals surface area contributed by atoms with Crippen LogP contribution in [0.25, 0.3) is 0 Å². The van der Waals surface area contributed by atoms with Crippen molar-refractivity contribution in [2.45, 2.75) is 127 Å². The lowest BCUT2D eigenvalue weighted by Gasteiger charge is -2.62. The van der Waals surface area contributed by atoms with Crippen molar-refractivity contribution in [1.29, 1.82) is 0 Å². The zero-order valence-electron chi connectivity index (χ0n) is 25.6. The standard InChI is InChI=1S/C30H56O7/c1-13-19(4)16-26(7,8)22(23(31)32)29(37,24(33)34)30(25(35)36,27(9,10)17-20(5)14-2)28(11,12)18-21(6)15-3/h19-22,37H,13-18H2,1-12H3,(H,31,32)(H,33,34)(H,35,36). The molecular weight excluding hydrogens is 472 g/mol. The average molecular weight is 529 g/mol. The van der Waals surface area contributed by atoms with Crippen LogP contribution in [0.2, 0.25) is 0 Å². The van der Waals surface area contributed by atoms with Crippen molar-refractivity contribution < 1.29 is 34.8 Å². The molecule has 5 unspecified atom stereocenters. The highest BCUT2D eigenvalue weighted by Gasteiger charge is 2.78. The first-order chi connectivity index (χ1) is 16.6. The van der Waals surface area contributed by atoms with E-state index in [0.717, 1.165) is 19.3 Å². The number of hydrogen-bond acceptors (Lipinski definition) is 4. The molecule has 218 valence electrons. The summed E-state index contributed by atoms with van der Waals surface area (Å²) in [5.74, 6) is -6.52. The summed E-state index contributed by atoms with van der Waals surface area (Å²) in [4.78, 5) is 40.1. The molecule has 0 saturated heterocycles. The van der Waals surface area contributed by atoms with Crippen molar-refractivity contribution in [1.82, 2.24) is 0 Å². The number of hydrogen-bond donors (Lipinski definition) is 4. The Morgan fingerprint density at radius 2 is 0.946 bits per heavy atom. The van der Waals surface area contributed by atoms with Gasteiger partial charge in [0.1, 0.15) is 11.3 Å². The molecule has 0 aromatic rings. The molecular formula is C30H56O7. The van der Waals surface area contributed by atoms with Crippen LogP contribution in [0.4, 0.5) is 0 Å². The summed E-state index contributed by atoms with van der Waals surface area (Å²) in [5.41, 5.74) is -9.21. The third-order valence-electron chi connectivity index (χ3n) is 9.38. The van der Waals surface area contributed by atoms with E-state index in [1.807, 2.05) is 41.5 Å². The van der Waals surface area contributed by atoms with Crippen LogP contribution in [0, 0.1) is 45.3 Å². The van der Waals surface area contributed by atoms with Crippen molar-refractivity contribution in [2.24, 2.45) is 45.3 Å². The highest BCUT2D eigenvalue weighted by molar-refractivity contribution is 5.95. The molecule has 4 N–H and O–H groups in total. The maximum absolute atomic E-state index is 13.7. The van der Waals surface area contributed by atoms with Gasteiger partial charge in [-0.3, -0.25) is 9.59 Å². The van der Waals surface area contributed by atoms with Crippen molar-refractivity contribution >= 4 is 17.9 Å². The quantitative estimate of drug-likeness (QED) is 0.160. The molecule has 0 heterocycles. The van der Waals surface area contributed by atoms with Gasteiger partial charge in [-0.05, 0) is 53.3 Å². The van der Waals surface area contributed by atoms with E-state index >= 15 is 0 Å². The predicted molar refractivity (Wildman–Crippen MR) is 147 cm³/mol. The molecule has 37 heavy (non-hydrogen) atoms. The maximum atomic E-state index is 13.7. The number of carbonyl (C=O) groups is 3. The van der Waals surface area contributed by atoms with Crippen LogP contribution < -0.4 is 0 Å². The highest BCUT2D eigenvalue weighted by atomic mass is 16.4. The van der Waals surface area contributed by atoms with Gasteiger partial charge in [0, 0.05) is 0 Å². The van der Waals surface area contributed by atoms with E-state index in [4.69, 9.17) is 0 Å². The Morgan fingerprint density at radius 3 is 1.19 bits per heavy atom. The van der Waals surface area contributed by atoms with E-state index < -0.39 is 51.1 Å². The van der Waals surface area contributed by atoms with Gasteiger partial charge in [0.25, 0.3) is 0 Å². The summed E-state index contributed by atoms with van der Waals surface area (Å²) in [6.07, 6.45) is 3.16. The Kier molecular flexibility index (Phi) is 11.9. The van der Waals surface area contributed by atoms with Crippen LogP contribution in [0.15, 0.2) is 0 Å². The molecule has 0 bridgehead atoms. The monoisotopic (exact) mass is 528 g/mol. The van der Waals surface area contributed by atoms with Gasteiger partial charge in [0.15, 0.2) is 5.60 Å². The zero-order valence-corrected chi connectivity index (χ0v) is 25.6. The summed E-state index contributed by atoms with van der Waals surface area (Å²) < 4.78 is 0. The van der Waals surface area contributed by atoms with Crippen molar-refractivity contribution in [2.75, 3.05) is 0 Å². The van der Waals surface area contributed by atoms with Crippen LogP contribution >= 0.6 is 0 Å². The lowest BCUT2D eigenvalue weighted by atomic mass is 9.40. The van der Waals surface area contributed by atoms with Gasteiger partial charge in [0.2, 0.25) is 0 Å². The molecule has 0 aliphatic heterocycles. The van der Waals surface area contributed by atoms with Gasteiger partial charge in [-0.25, -0.2) is 4.79 Å². The predicted octanol–water partition coefficient (Wildman–Crippen LogP) is 6.96. The molecule has 7 heteroatoms. The lowest BCUT2D eigenvalue weighted by Crippen LogP contribution is -2.75. The molecule has 5 atom stereocenters. The number of rotatable bonds is 17. The van der Waals surface area contributed by atoms with Crippen molar-refractivity contribution in [3.63, 3.8) is 0 Å². The van der Waals surface area contributed by atoms with E-state index in [-0.39, 0.29) is 17.8 Å². The summed E-state index contributed by atoms with van der Waals surface area (Å²) in [6.45, 7) is 21.9. The summed E-state index contributed by atoms with van der Waals surface area (Å²) in [5, 5.41) is 45.2. The van der Waals surface area contributed by atoms with Gasteiger partial charge in [0.05, 0.1) is 0 Å². The van der Waals surface area contributed by atoms with Gasteiger partial charge in [-0.15, -0.1) is 0 Å². The normalized spacial score (nSPS) is 19.7. The second-order valence-electron chi connectivity index (χ2n) is 13.8. The van der Waals surface area contributed by atoms with Crippen LogP contribution in [0.5, 0.6) is 0 Å². The van der Waals surface area contributed by atoms with Crippen LogP contribution in [0.3, 0.4) is 0 Å². The second-order valence-corrected chi connectivity index (χ2v) is 13.8. The lowest BCUT2D eigenvalue weighted by molar-refractivity contribution is -0.258. The minimum atomic E-state index is -3.10. The van der Waals surface area contributed by atoms with Crippen LogP contribution in [0.1, 0.15) is 122 Å². The molecule has 0 amide bonds. The first-order valence-corrected chi connectivity index (χ1v) is 14.0. The fraction of sp³-hybridized carbons (Fsp3) is 0.900. The van der Waals surface area contributed by atoms with E-state index in [1.54, 1.807) is 41.5 Å².